The maximum Gasteiger partial charge on any atom is 0.0317 e. The Hall–Kier alpha value is -1.06. The van der Waals surface area contributed by atoms with Crippen molar-refractivity contribution >= 4 is 5.69 Å². The van der Waals surface area contributed by atoms with Gasteiger partial charge in [0.2, 0.25) is 0 Å². The smallest absolute Gasteiger partial charge is 0.0317 e. The standard InChI is InChI=1S/C17H27N3/c1-14-5-2-3-9-20(14)10-4-8-19-12-15-6-7-17(18)11-16(15)13-19/h6-7,11,14H,2-5,8-10,12-13,18H2,1H3. The number of nitrogens with two attached hydrogens (primary N) is 1. The predicted octanol–water partition coefficient (Wildman–Crippen LogP) is 2.85. The van der Waals surface area contributed by atoms with Gasteiger partial charge in [-0.1, -0.05) is 12.5 Å². The largest absolute Gasteiger partial charge is 0.399 e. The van der Waals surface area contributed by atoms with Crippen molar-refractivity contribution in [1.29, 1.82) is 0 Å². The van der Waals surface area contributed by atoms with Crippen LogP contribution in [0.4, 0.5) is 5.69 Å². The van der Waals surface area contributed by atoms with Gasteiger partial charge in [0.1, 0.15) is 0 Å². The first-order valence-electron chi connectivity index (χ1n) is 8.06. The molecule has 0 spiro atoms. The first kappa shape index (κ1) is 13.9. The predicted molar refractivity (Wildman–Crippen MR) is 84.5 cm³/mol. The lowest BCUT2D eigenvalue weighted by Gasteiger charge is -2.33. The van der Waals surface area contributed by atoms with Crippen LogP contribution < -0.4 is 5.73 Å². The molecule has 0 aromatic heterocycles. The highest BCUT2D eigenvalue weighted by Gasteiger charge is 2.20. The van der Waals surface area contributed by atoms with E-state index in [9.17, 15) is 0 Å². The van der Waals surface area contributed by atoms with Crippen molar-refractivity contribution in [2.75, 3.05) is 25.4 Å². The second kappa shape index (κ2) is 6.15. The molecule has 3 nitrogen and oxygen atoms in total. The second-order valence-electron chi connectivity index (χ2n) is 6.47. The molecule has 1 atom stereocenters. The number of piperidine rings is 1. The molecule has 2 aliphatic rings. The highest BCUT2D eigenvalue weighted by molar-refractivity contribution is 5.46. The monoisotopic (exact) mass is 273 g/mol. The van der Waals surface area contributed by atoms with E-state index in [4.69, 9.17) is 5.73 Å². The van der Waals surface area contributed by atoms with Gasteiger partial charge < -0.3 is 10.6 Å². The minimum absolute atomic E-state index is 0.791. The summed E-state index contributed by atoms with van der Waals surface area (Å²) in [4.78, 5) is 5.23. The molecule has 1 aromatic rings. The summed E-state index contributed by atoms with van der Waals surface area (Å²) in [5.41, 5.74) is 9.65. The Morgan fingerprint density at radius 1 is 1.15 bits per heavy atom. The van der Waals surface area contributed by atoms with E-state index in [2.05, 4.69) is 28.9 Å². The van der Waals surface area contributed by atoms with Gasteiger partial charge in [-0.15, -0.1) is 0 Å². The maximum atomic E-state index is 5.86. The van der Waals surface area contributed by atoms with Crippen molar-refractivity contribution in [3.05, 3.63) is 29.3 Å². The highest BCUT2D eigenvalue weighted by atomic mass is 15.2. The highest BCUT2D eigenvalue weighted by Crippen LogP contribution is 2.25. The summed E-state index contributed by atoms with van der Waals surface area (Å²) in [6, 6.07) is 7.15. The number of rotatable bonds is 4. The number of hydrogen-bond donors (Lipinski definition) is 1. The Labute approximate surface area is 122 Å². The SMILES string of the molecule is CC1CCCCN1CCCN1Cc2ccc(N)cc2C1. The van der Waals surface area contributed by atoms with Crippen LogP contribution in [-0.2, 0) is 13.1 Å². The zero-order chi connectivity index (χ0) is 13.9. The summed E-state index contributed by atoms with van der Waals surface area (Å²) in [5.74, 6) is 0. The molecule has 1 saturated heterocycles. The Bertz CT molecular complexity index is 458. The molecule has 20 heavy (non-hydrogen) atoms. The van der Waals surface area contributed by atoms with Crippen LogP contribution in [0.1, 0.15) is 43.7 Å². The fourth-order valence-electron chi connectivity index (χ4n) is 3.63. The Morgan fingerprint density at radius 2 is 2.00 bits per heavy atom. The molecule has 0 bridgehead atoms. The van der Waals surface area contributed by atoms with Crippen LogP contribution in [0.5, 0.6) is 0 Å². The number of benzene rings is 1. The molecule has 0 aliphatic carbocycles. The minimum Gasteiger partial charge on any atom is -0.399 e. The van der Waals surface area contributed by atoms with Crippen LogP contribution in [0.25, 0.3) is 0 Å². The van der Waals surface area contributed by atoms with Crippen LogP contribution in [-0.4, -0.2) is 35.5 Å². The zero-order valence-corrected chi connectivity index (χ0v) is 12.6. The van der Waals surface area contributed by atoms with Crippen LogP contribution >= 0.6 is 0 Å². The van der Waals surface area contributed by atoms with Crippen molar-refractivity contribution in [3.8, 4) is 0 Å². The van der Waals surface area contributed by atoms with Gasteiger partial charge in [0, 0.05) is 31.4 Å². The normalized spacial score (nSPS) is 23.9. The average Bonchev–Trinajstić information content (AvgIpc) is 2.83. The topological polar surface area (TPSA) is 32.5 Å². The number of nitrogen functional groups attached to an aromatic ring is 1. The van der Waals surface area contributed by atoms with E-state index in [0.717, 1.165) is 24.8 Å². The molecule has 1 fully saturated rings. The third-order valence-corrected chi connectivity index (χ3v) is 4.88. The molecule has 0 saturated carbocycles. The first-order valence-corrected chi connectivity index (χ1v) is 8.06. The van der Waals surface area contributed by atoms with E-state index in [-0.39, 0.29) is 0 Å². The summed E-state index contributed by atoms with van der Waals surface area (Å²) in [6.07, 6.45) is 5.47. The molecule has 1 aromatic carbocycles. The van der Waals surface area contributed by atoms with Gasteiger partial charge in [0.15, 0.2) is 0 Å². The fraction of sp³-hybridized carbons (Fsp3) is 0.647. The van der Waals surface area contributed by atoms with Crippen molar-refractivity contribution < 1.29 is 0 Å². The van der Waals surface area contributed by atoms with Gasteiger partial charge in [-0.3, -0.25) is 4.90 Å². The maximum absolute atomic E-state index is 5.86. The van der Waals surface area contributed by atoms with Crippen LogP contribution in [0.15, 0.2) is 18.2 Å². The molecular formula is C17H27N3. The van der Waals surface area contributed by atoms with Gasteiger partial charge in [-0.25, -0.2) is 0 Å². The second-order valence-corrected chi connectivity index (χ2v) is 6.47. The quantitative estimate of drug-likeness (QED) is 0.856. The number of fused-ring (bicyclic) bond motifs is 1. The summed E-state index contributed by atoms with van der Waals surface area (Å²) in [7, 11) is 0. The van der Waals surface area contributed by atoms with E-state index in [1.54, 1.807) is 0 Å². The molecule has 0 amide bonds. The molecule has 1 unspecified atom stereocenters. The van der Waals surface area contributed by atoms with Crippen LogP contribution in [0.2, 0.25) is 0 Å². The number of anilines is 1. The van der Waals surface area contributed by atoms with Gasteiger partial charge in [0.05, 0.1) is 0 Å². The molecule has 2 aliphatic heterocycles. The van der Waals surface area contributed by atoms with Crippen molar-refractivity contribution in [2.24, 2.45) is 0 Å². The van der Waals surface area contributed by atoms with E-state index in [1.807, 2.05) is 6.07 Å². The molecule has 0 radical (unpaired) electrons. The lowest BCUT2D eigenvalue weighted by Crippen LogP contribution is -2.38. The van der Waals surface area contributed by atoms with Crippen LogP contribution in [0.3, 0.4) is 0 Å². The van der Waals surface area contributed by atoms with Crippen molar-refractivity contribution in [1.82, 2.24) is 9.80 Å². The summed E-state index contributed by atoms with van der Waals surface area (Å²) >= 11 is 0. The van der Waals surface area contributed by atoms with E-state index in [1.165, 1.54) is 56.4 Å². The average molecular weight is 273 g/mol. The van der Waals surface area contributed by atoms with Gasteiger partial charge in [-0.2, -0.15) is 0 Å². The molecule has 2 N–H and O–H groups in total. The summed E-state index contributed by atoms with van der Waals surface area (Å²) in [6.45, 7) is 8.33. The van der Waals surface area contributed by atoms with Gasteiger partial charge in [0.25, 0.3) is 0 Å². The zero-order valence-electron chi connectivity index (χ0n) is 12.6. The Balaban J connectivity index is 1.44. The van der Waals surface area contributed by atoms with Gasteiger partial charge >= 0.3 is 0 Å². The molecule has 3 rings (SSSR count). The number of nitrogens with zero attached hydrogens (tertiary/aromatic N) is 2. The van der Waals surface area contributed by atoms with Crippen molar-refractivity contribution in [3.63, 3.8) is 0 Å². The van der Waals surface area contributed by atoms with E-state index >= 15 is 0 Å². The lowest BCUT2D eigenvalue weighted by atomic mass is 10.0. The summed E-state index contributed by atoms with van der Waals surface area (Å²) in [5, 5.41) is 0. The van der Waals surface area contributed by atoms with Crippen molar-refractivity contribution in [2.45, 2.75) is 51.7 Å². The molecule has 2 heterocycles. The van der Waals surface area contributed by atoms with E-state index < -0.39 is 0 Å². The Kier molecular flexibility index (Phi) is 4.27. The lowest BCUT2D eigenvalue weighted by molar-refractivity contribution is 0.149. The van der Waals surface area contributed by atoms with Gasteiger partial charge in [-0.05, 0) is 62.5 Å². The van der Waals surface area contributed by atoms with E-state index in [0.29, 0.717) is 0 Å². The fourth-order valence-corrected chi connectivity index (χ4v) is 3.63. The minimum atomic E-state index is 0.791. The molecular weight excluding hydrogens is 246 g/mol. The Morgan fingerprint density at radius 3 is 2.85 bits per heavy atom. The molecule has 3 heteroatoms. The summed E-state index contributed by atoms with van der Waals surface area (Å²) < 4.78 is 0. The number of hydrogen-bond acceptors (Lipinski definition) is 3. The third-order valence-electron chi connectivity index (χ3n) is 4.88. The third kappa shape index (κ3) is 3.15. The van der Waals surface area contributed by atoms with Crippen LogP contribution in [0, 0.1) is 0 Å². The first-order chi connectivity index (χ1) is 9.72. The molecule has 110 valence electrons. The number of likely N-dealkylation sites (tertiary alicyclic amines) is 1.